The smallest absolute Gasteiger partial charge is 0.248 e. The fourth-order valence-electron chi connectivity index (χ4n) is 2.63. The van der Waals surface area contributed by atoms with Gasteiger partial charge in [-0.15, -0.1) is 0 Å². The van der Waals surface area contributed by atoms with E-state index in [9.17, 15) is 9.59 Å². The zero-order chi connectivity index (χ0) is 22.5. The van der Waals surface area contributed by atoms with Gasteiger partial charge in [0, 0.05) is 32.8 Å². The fourth-order valence-corrected chi connectivity index (χ4v) is 2.63. The van der Waals surface area contributed by atoms with Crippen molar-refractivity contribution in [2.24, 2.45) is 0 Å². The highest BCUT2D eigenvalue weighted by atomic mass is 16.5. The molecule has 0 spiro atoms. The van der Waals surface area contributed by atoms with E-state index in [4.69, 9.17) is 9.47 Å². The minimum Gasteiger partial charge on any atom is -0.372 e. The predicted octanol–water partition coefficient (Wildman–Crippen LogP) is 4.51. The first-order chi connectivity index (χ1) is 13.9. The first kappa shape index (κ1) is 30.1. The number of hydrogen-bond acceptors (Lipinski definition) is 4. The number of rotatable bonds is 16. The highest BCUT2D eigenvalue weighted by Crippen LogP contribution is 1.98. The first-order valence-corrected chi connectivity index (χ1v) is 11.6. The van der Waals surface area contributed by atoms with Crippen molar-refractivity contribution in [1.82, 2.24) is 9.80 Å². The predicted molar refractivity (Wildman–Crippen MR) is 121 cm³/mol. The molecule has 29 heavy (non-hydrogen) atoms. The van der Waals surface area contributed by atoms with Crippen molar-refractivity contribution in [3.05, 3.63) is 0 Å². The zero-order valence-corrected chi connectivity index (χ0v) is 20.3. The lowest BCUT2D eigenvalue weighted by molar-refractivity contribution is -0.137. The monoisotopic (exact) mass is 416 g/mol. The molecule has 0 aromatic carbocycles. The van der Waals surface area contributed by atoms with E-state index in [1.807, 2.05) is 23.6 Å². The van der Waals surface area contributed by atoms with E-state index in [1.54, 1.807) is 0 Å². The van der Waals surface area contributed by atoms with Crippen LogP contribution in [0.1, 0.15) is 87.0 Å². The summed E-state index contributed by atoms with van der Waals surface area (Å²) in [6.45, 7) is 18.9. The van der Waals surface area contributed by atoms with Crippen LogP contribution < -0.4 is 0 Å². The number of hydrogen-bond donors (Lipinski definition) is 0. The van der Waals surface area contributed by atoms with Gasteiger partial charge in [-0.3, -0.25) is 9.59 Å². The topological polar surface area (TPSA) is 59.1 Å². The summed E-state index contributed by atoms with van der Waals surface area (Å²) in [5, 5.41) is 0. The Morgan fingerprint density at radius 2 is 1.10 bits per heavy atom. The first-order valence-electron chi connectivity index (χ1n) is 11.6. The normalized spacial score (nSPS) is 10.5. The van der Waals surface area contributed by atoms with Crippen LogP contribution in [0.25, 0.3) is 0 Å². The maximum atomic E-state index is 11.7. The van der Waals surface area contributed by atoms with E-state index in [0.717, 1.165) is 64.7 Å². The Morgan fingerprint density at radius 3 is 1.45 bits per heavy atom. The van der Waals surface area contributed by atoms with Crippen LogP contribution in [0.5, 0.6) is 0 Å². The van der Waals surface area contributed by atoms with Crippen LogP contribution in [-0.4, -0.2) is 73.7 Å². The number of carbonyl (C=O) groups is 2. The molecule has 0 unspecified atom stereocenters. The molecule has 0 saturated heterocycles. The lowest BCUT2D eigenvalue weighted by Gasteiger charge is -2.21. The van der Waals surface area contributed by atoms with Crippen LogP contribution in [0, 0.1) is 0 Å². The van der Waals surface area contributed by atoms with Crippen LogP contribution in [0.2, 0.25) is 0 Å². The van der Waals surface area contributed by atoms with Gasteiger partial charge in [0.1, 0.15) is 13.2 Å². The van der Waals surface area contributed by atoms with E-state index >= 15 is 0 Å². The molecule has 0 aliphatic heterocycles. The lowest BCUT2D eigenvalue weighted by Crippen LogP contribution is -2.35. The Bertz CT molecular complexity index is 377. The van der Waals surface area contributed by atoms with Crippen molar-refractivity contribution >= 4 is 11.8 Å². The molecule has 0 bridgehead atoms. The molecule has 0 rings (SSSR count). The number of amides is 2. The molecular formula is C23H48N2O4. The summed E-state index contributed by atoms with van der Waals surface area (Å²) in [5.41, 5.74) is 0. The van der Waals surface area contributed by atoms with Gasteiger partial charge in [-0.1, -0.05) is 41.0 Å². The van der Waals surface area contributed by atoms with E-state index in [0.29, 0.717) is 6.61 Å². The molecule has 0 fully saturated rings. The largest absolute Gasteiger partial charge is 0.372 e. The summed E-state index contributed by atoms with van der Waals surface area (Å²) in [5.74, 6) is 0.247. The molecule has 0 aromatic heterocycles. The second kappa shape index (κ2) is 21.6. The van der Waals surface area contributed by atoms with Crippen LogP contribution in [0.4, 0.5) is 0 Å². The summed E-state index contributed by atoms with van der Waals surface area (Å²) in [4.78, 5) is 27.1. The molecule has 0 aliphatic carbocycles. The van der Waals surface area contributed by atoms with Crippen LogP contribution >= 0.6 is 0 Å². The summed E-state index contributed by atoms with van der Waals surface area (Å²) < 4.78 is 10.6. The van der Waals surface area contributed by atoms with Gasteiger partial charge < -0.3 is 19.3 Å². The van der Waals surface area contributed by atoms with Gasteiger partial charge in [0.2, 0.25) is 11.8 Å². The Balaban J connectivity index is 0. The van der Waals surface area contributed by atoms with E-state index in [2.05, 4.69) is 34.6 Å². The maximum absolute atomic E-state index is 11.7. The quantitative estimate of drug-likeness (QED) is 0.347. The van der Waals surface area contributed by atoms with Gasteiger partial charge in [0.05, 0.1) is 6.10 Å². The Hall–Kier alpha value is -1.14. The molecule has 0 N–H and O–H groups in total. The van der Waals surface area contributed by atoms with Crippen LogP contribution in [0.3, 0.4) is 0 Å². The summed E-state index contributed by atoms with van der Waals surface area (Å²) >= 11 is 0. The molecule has 0 saturated carbocycles. The highest BCUT2D eigenvalue weighted by Gasteiger charge is 2.12. The third kappa shape index (κ3) is 18.6. The van der Waals surface area contributed by atoms with Crippen molar-refractivity contribution in [2.75, 3.05) is 46.0 Å². The molecule has 0 aliphatic rings. The second-order valence-corrected chi connectivity index (χ2v) is 7.53. The van der Waals surface area contributed by atoms with Gasteiger partial charge in [-0.05, 0) is 46.0 Å². The van der Waals surface area contributed by atoms with Gasteiger partial charge >= 0.3 is 0 Å². The standard InChI is InChI=1S/C12H25NO2.C11H23NO2/c1-4-7-10-15-11-12(14)13(8-5-2)9-6-3;1-5-7-12(8-6-2)11(13)9-14-10(3)4/h4-11H2,1-3H3;10H,5-9H2,1-4H3. The summed E-state index contributed by atoms with van der Waals surface area (Å²) in [6, 6.07) is 0. The highest BCUT2D eigenvalue weighted by molar-refractivity contribution is 5.77. The van der Waals surface area contributed by atoms with Crippen molar-refractivity contribution < 1.29 is 19.1 Å². The fraction of sp³-hybridized carbons (Fsp3) is 0.913. The molecule has 0 heterocycles. The molecule has 0 radical (unpaired) electrons. The average molecular weight is 417 g/mol. The molecular weight excluding hydrogens is 368 g/mol. The Kier molecular flexibility index (Phi) is 22.4. The van der Waals surface area contributed by atoms with Crippen molar-refractivity contribution in [3.8, 4) is 0 Å². The molecule has 0 atom stereocenters. The van der Waals surface area contributed by atoms with Crippen molar-refractivity contribution in [2.45, 2.75) is 93.1 Å². The second-order valence-electron chi connectivity index (χ2n) is 7.53. The van der Waals surface area contributed by atoms with Crippen LogP contribution in [0.15, 0.2) is 0 Å². The Labute approximate surface area is 180 Å². The van der Waals surface area contributed by atoms with Crippen LogP contribution in [-0.2, 0) is 19.1 Å². The SMILES string of the molecule is CCCCOCC(=O)N(CCC)CCC.CCCN(CCC)C(=O)COC(C)C. The zero-order valence-electron chi connectivity index (χ0n) is 20.3. The molecule has 6 heteroatoms. The summed E-state index contributed by atoms with van der Waals surface area (Å²) in [7, 11) is 0. The Morgan fingerprint density at radius 1 is 0.690 bits per heavy atom. The molecule has 174 valence electrons. The number of ether oxygens (including phenoxy) is 2. The van der Waals surface area contributed by atoms with Gasteiger partial charge in [-0.2, -0.15) is 0 Å². The maximum Gasteiger partial charge on any atom is 0.248 e. The molecule has 2 amide bonds. The number of nitrogens with zero attached hydrogens (tertiary/aromatic N) is 2. The third-order valence-corrected chi connectivity index (χ3v) is 4.09. The van der Waals surface area contributed by atoms with Crippen molar-refractivity contribution in [1.29, 1.82) is 0 Å². The number of unbranched alkanes of at least 4 members (excludes halogenated alkanes) is 1. The van der Waals surface area contributed by atoms with Gasteiger partial charge in [0.25, 0.3) is 0 Å². The van der Waals surface area contributed by atoms with Gasteiger partial charge in [-0.25, -0.2) is 0 Å². The molecule has 6 nitrogen and oxygen atoms in total. The van der Waals surface area contributed by atoms with E-state index < -0.39 is 0 Å². The number of carbonyl (C=O) groups excluding carboxylic acids is 2. The minimum atomic E-state index is 0.113. The van der Waals surface area contributed by atoms with Gasteiger partial charge in [0.15, 0.2) is 0 Å². The van der Waals surface area contributed by atoms with E-state index in [-0.39, 0.29) is 31.1 Å². The average Bonchev–Trinajstić information content (AvgIpc) is 2.69. The molecule has 0 aromatic rings. The summed E-state index contributed by atoms with van der Waals surface area (Å²) in [6.07, 6.45) is 6.32. The lowest BCUT2D eigenvalue weighted by atomic mass is 10.3. The minimum absolute atomic E-state index is 0.113. The third-order valence-electron chi connectivity index (χ3n) is 4.09. The van der Waals surface area contributed by atoms with Crippen molar-refractivity contribution in [3.63, 3.8) is 0 Å². The van der Waals surface area contributed by atoms with E-state index in [1.165, 1.54) is 0 Å².